The molecule has 2 aromatic carbocycles. The Morgan fingerprint density at radius 1 is 1.20 bits per heavy atom. The van der Waals surface area contributed by atoms with Gasteiger partial charge in [0, 0.05) is 16.1 Å². The van der Waals surface area contributed by atoms with Crippen molar-refractivity contribution in [2.24, 2.45) is 0 Å². The Bertz CT molecular complexity index is 657. The predicted molar refractivity (Wildman–Crippen MR) is 77.7 cm³/mol. The summed E-state index contributed by atoms with van der Waals surface area (Å²) in [6.07, 6.45) is 0. The second-order valence-electron chi connectivity index (χ2n) is 4.42. The largest absolute Gasteiger partial charge is 0.489 e. The normalized spacial score (nSPS) is 13.6. The van der Waals surface area contributed by atoms with Gasteiger partial charge in [-0.2, -0.15) is 0 Å². The fourth-order valence-corrected chi connectivity index (χ4v) is 2.42. The van der Waals surface area contributed by atoms with Crippen molar-refractivity contribution < 1.29 is 13.9 Å². The zero-order chi connectivity index (χ0) is 14.1. The van der Waals surface area contributed by atoms with Crippen LogP contribution in [0.2, 0.25) is 0 Å². The van der Waals surface area contributed by atoms with E-state index in [4.69, 9.17) is 4.74 Å². The van der Waals surface area contributed by atoms with Crippen LogP contribution in [0.1, 0.15) is 10.4 Å². The molecule has 1 aliphatic heterocycles. The number of hydrogen-bond acceptors (Lipinski definition) is 2. The first-order chi connectivity index (χ1) is 9.65. The van der Waals surface area contributed by atoms with Gasteiger partial charge in [0.2, 0.25) is 0 Å². The fraction of sp³-hybridized carbons (Fsp3) is 0.133. The first kappa shape index (κ1) is 13.1. The third kappa shape index (κ3) is 2.41. The van der Waals surface area contributed by atoms with Crippen molar-refractivity contribution in [1.29, 1.82) is 0 Å². The van der Waals surface area contributed by atoms with Crippen molar-refractivity contribution in [2.75, 3.05) is 18.1 Å². The number of ether oxygens (including phenoxy) is 1. The third-order valence-electron chi connectivity index (χ3n) is 3.12. The van der Waals surface area contributed by atoms with E-state index in [2.05, 4.69) is 15.9 Å². The van der Waals surface area contributed by atoms with E-state index in [1.807, 2.05) is 12.1 Å². The van der Waals surface area contributed by atoms with Crippen LogP contribution in [0.25, 0.3) is 0 Å². The quantitative estimate of drug-likeness (QED) is 0.796. The Hall–Kier alpha value is -1.88. The molecular weight excluding hydrogens is 325 g/mol. The zero-order valence-corrected chi connectivity index (χ0v) is 12.1. The van der Waals surface area contributed by atoms with Crippen LogP contribution in [-0.4, -0.2) is 19.1 Å². The number of halogens is 2. The highest BCUT2D eigenvalue weighted by molar-refractivity contribution is 9.10. The summed E-state index contributed by atoms with van der Waals surface area (Å²) in [5, 5.41) is 0. The number of carbonyl (C=O) groups is 1. The maximum absolute atomic E-state index is 13.2. The summed E-state index contributed by atoms with van der Waals surface area (Å²) in [5.74, 6) is -0.0861. The molecule has 0 bridgehead atoms. The average Bonchev–Trinajstić information content (AvgIpc) is 2.46. The van der Waals surface area contributed by atoms with Crippen molar-refractivity contribution in [3.05, 3.63) is 58.3 Å². The highest BCUT2D eigenvalue weighted by atomic mass is 79.9. The molecule has 3 rings (SSSR count). The summed E-state index contributed by atoms with van der Waals surface area (Å²) in [7, 11) is 0. The van der Waals surface area contributed by atoms with E-state index in [1.165, 1.54) is 12.1 Å². The smallest absolute Gasteiger partial charge is 0.258 e. The molecule has 0 aromatic heterocycles. The molecule has 1 heterocycles. The highest BCUT2D eigenvalue weighted by Crippen LogP contribution is 2.33. The summed E-state index contributed by atoms with van der Waals surface area (Å²) < 4.78 is 19.5. The number of rotatable bonds is 1. The average molecular weight is 336 g/mol. The topological polar surface area (TPSA) is 29.5 Å². The van der Waals surface area contributed by atoms with Gasteiger partial charge in [0.25, 0.3) is 5.91 Å². The number of benzene rings is 2. The standard InChI is InChI=1S/C15H11BrFNO2/c16-11-3-1-10(2-4-11)15(19)18-7-8-20-14-9-12(17)5-6-13(14)18/h1-6,9H,7-8H2. The molecule has 0 unspecified atom stereocenters. The van der Waals surface area contributed by atoms with Crippen molar-refractivity contribution >= 4 is 27.5 Å². The van der Waals surface area contributed by atoms with Gasteiger partial charge in [-0.05, 0) is 36.4 Å². The lowest BCUT2D eigenvalue weighted by molar-refractivity contribution is 0.0976. The number of carbonyl (C=O) groups excluding carboxylic acids is 1. The number of hydrogen-bond donors (Lipinski definition) is 0. The summed E-state index contributed by atoms with van der Waals surface area (Å²) >= 11 is 3.34. The van der Waals surface area contributed by atoms with E-state index >= 15 is 0 Å². The lowest BCUT2D eigenvalue weighted by atomic mass is 10.1. The van der Waals surface area contributed by atoms with E-state index in [1.54, 1.807) is 23.1 Å². The van der Waals surface area contributed by atoms with Crippen molar-refractivity contribution in [3.63, 3.8) is 0 Å². The maximum Gasteiger partial charge on any atom is 0.258 e. The highest BCUT2D eigenvalue weighted by Gasteiger charge is 2.24. The maximum atomic E-state index is 13.2. The Morgan fingerprint density at radius 2 is 1.95 bits per heavy atom. The van der Waals surface area contributed by atoms with E-state index in [9.17, 15) is 9.18 Å². The summed E-state index contributed by atoms with van der Waals surface area (Å²) in [6.45, 7) is 0.812. The molecular formula is C15H11BrFNO2. The van der Waals surface area contributed by atoms with Crippen molar-refractivity contribution in [3.8, 4) is 5.75 Å². The fourth-order valence-electron chi connectivity index (χ4n) is 2.15. The molecule has 0 aliphatic carbocycles. The summed E-state index contributed by atoms with van der Waals surface area (Å²) in [4.78, 5) is 14.1. The molecule has 0 radical (unpaired) electrons. The van der Waals surface area contributed by atoms with Crippen molar-refractivity contribution in [2.45, 2.75) is 0 Å². The first-order valence-corrected chi connectivity index (χ1v) is 6.94. The molecule has 1 aliphatic rings. The summed E-state index contributed by atoms with van der Waals surface area (Å²) in [5.41, 5.74) is 1.19. The molecule has 1 amide bonds. The minimum Gasteiger partial charge on any atom is -0.489 e. The van der Waals surface area contributed by atoms with Gasteiger partial charge < -0.3 is 9.64 Å². The molecule has 102 valence electrons. The van der Waals surface area contributed by atoms with Crippen LogP contribution in [0.3, 0.4) is 0 Å². The van der Waals surface area contributed by atoms with Gasteiger partial charge in [-0.25, -0.2) is 4.39 Å². The van der Waals surface area contributed by atoms with Gasteiger partial charge in [0.1, 0.15) is 18.2 Å². The van der Waals surface area contributed by atoms with Crippen LogP contribution in [0, 0.1) is 5.82 Å². The van der Waals surface area contributed by atoms with Crippen LogP contribution < -0.4 is 9.64 Å². The van der Waals surface area contributed by atoms with Gasteiger partial charge in [0.05, 0.1) is 12.2 Å². The molecule has 0 N–H and O–H groups in total. The Labute approximate surface area is 124 Å². The van der Waals surface area contributed by atoms with Crippen LogP contribution in [0.5, 0.6) is 5.75 Å². The monoisotopic (exact) mass is 335 g/mol. The molecule has 3 nitrogen and oxygen atoms in total. The van der Waals surface area contributed by atoms with Gasteiger partial charge in [-0.3, -0.25) is 4.79 Å². The number of nitrogens with zero attached hydrogens (tertiary/aromatic N) is 1. The zero-order valence-electron chi connectivity index (χ0n) is 10.5. The van der Waals surface area contributed by atoms with E-state index < -0.39 is 0 Å². The van der Waals surface area contributed by atoms with Gasteiger partial charge in [-0.15, -0.1) is 0 Å². The Balaban J connectivity index is 1.96. The minimum atomic E-state index is -0.373. The molecule has 0 saturated heterocycles. The SMILES string of the molecule is O=C(c1ccc(Br)cc1)N1CCOc2cc(F)ccc21. The van der Waals surface area contributed by atoms with Crippen LogP contribution in [0.15, 0.2) is 46.9 Å². The molecule has 20 heavy (non-hydrogen) atoms. The molecule has 0 atom stereocenters. The Morgan fingerprint density at radius 3 is 2.70 bits per heavy atom. The van der Waals surface area contributed by atoms with E-state index in [0.29, 0.717) is 30.2 Å². The van der Waals surface area contributed by atoms with Gasteiger partial charge >= 0.3 is 0 Å². The van der Waals surface area contributed by atoms with Crippen molar-refractivity contribution in [1.82, 2.24) is 0 Å². The Kier molecular flexibility index (Phi) is 3.44. The van der Waals surface area contributed by atoms with Gasteiger partial charge in [0.15, 0.2) is 0 Å². The second-order valence-corrected chi connectivity index (χ2v) is 5.34. The van der Waals surface area contributed by atoms with E-state index in [0.717, 1.165) is 4.47 Å². The summed E-state index contributed by atoms with van der Waals surface area (Å²) in [6, 6.07) is 11.3. The molecule has 2 aromatic rings. The molecule has 0 saturated carbocycles. The van der Waals surface area contributed by atoms with Crippen LogP contribution >= 0.6 is 15.9 Å². The predicted octanol–water partition coefficient (Wildman–Crippen LogP) is 3.63. The lowest BCUT2D eigenvalue weighted by Gasteiger charge is -2.29. The third-order valence-corrected chi connectivity index (χ3v) is 3.65. The van der Waals surface area contributed by atoms with Crippen LogP contribution in [-0.2, 0) is 0 Å². The van der Waals surface area contributed by atoms with Gasteiger partial charge in [-0.1, -0.05) is 15.9 Å². The minimum absolute atomic E-state index is 0.117. The number of anilines is 1. The molecule has 0 fully saturated rings. The van der Waals surface area contributed by atoms with E-state index in [-0.39, 0.29) is 11.7 Å². The molecule has 5 heteroatoms. The number of fused-ring (bicyclic) bond motifs is 1. The first-order valence-electron chi connectivity index (χ1n) is 6.15. The van der Waals surface area contributed by atoms with Crippen LogP contribution in [0.4, 0.5) is 10.1 Å². The molecule has 0 spiro atoms. The lowest BCUT2D eigenvalue weighted by Crippen LogP contribution is -2.37. The second kappa shape index (κ2) is 5.25. The number of amides is 1.